The Labute approximate surface area is 241 Å². The maximum absolute atomic E-state index is 13.6. The number of hydrogen-bond acceptors (Lipinski definition) is 16. The first-order valence-electron chi connectivity index (χ1n) is 13.0. The minimum absolute atomic E-state index is 0.116. The first-order chi connectivity index (χ1) is 20.4. The number of hydrogen-bond donors (Lipinski definition) is 10. The quantitative estimate of drug-likeness (QED) is 0.133. The van der Waals surface area contributed by atoms with Crippen molar-refractivity contribution >= 4 is 11.0 Å². The molecular formula is C27H30O16. The normalized spacial score (nSPS) is 33.0. The van der Waals surface area contributed by atoms with Crippen molar-refractivity contribution in [2.45, 2.75) is 61.4 Å². The van der Waals surface area contributed by atoms with Crippen LogP contribution in [0.5, 0.6) is 23.0 Å². The second-order valence-electron chi connectivity index (χ2n) is 10.1. The van der Waals surface area contributed by atoms with Gasteiger partial charge >= 0.3 is 0 Å². The highest BCUT2D eigenvalue weighted by Crippen LogP contribution is 2.37. The third-order valence-electron chi connectivity index (χ3n) is 7.22. The van der Waals surface area contributed by atoms with E-state index in [1.54, 1.807) is 0 Å². The summed E-state index contributed by atoms with van der Waals surface area (Å²) in [6.45, 7) is -1.37. The SMILES string of the molecule is O=c1c(O[C@H]2O[C@@H](CO[C@H]3O[C@@H](CO)[C@H](O)[C@@H](O)[C@@H]3O)[C@H](O)[C@@H](O)[C@@H]2O)c(-c2ccc(O)cc2)oc2cc(O)cc(O)c12. The Kier molecular flexibility index (Phi) is 8.77. The summed E-state index contributed by atoms with van der Waals surface area (Å²) in [4.78, 5) is 13.6. The largest absolute Gasteiger partial charge is 0.508 e. The van der Waals surface area contributed by atoms with Gasteiger partial charge < -0.3 is 74.4 Å². The van der Waals surface area contributed by atoms with Gasteiger partial charge in [0.25, 0.3) is 0 Å². The van der Waals surface area contributed by atoms with Gasteiger partial charge in [-0.15, -0.1) is 0 Å². The van der Waals surface area contributed by atoms with Gasteiger partial charge in [0.2, 0.25) is 17.5 Å². The van der Waals surface area contributed by atoms with Crippen LogP contribution in [0.4, 0.5) is 0 Å². The Morgan fingerprint density at radius 1 is 0.721 bits per heavy atom. The maximum Gasteiger partial charge on any atom is 0.239 e. The second kappa shape index (κ2) is 12.2. The topological polar surface area (TPSA) is 269 Å². The molecule has 16 nitrogen and oxygen atoms in total. The van der Waals surface area contributed by atoms with Crippen LogP contribution in [0.25, 0.3) is 22.3 Å². The number of benzene rings is 2. The molecule has 0 saturated carbocycles. The molecule has 0 aliphatic carbocycles. The van der Waals surface area contributed by atoms with E-state index in [1.165, 1.54) is 24.3 Å². The monoisotopic (exact) mass is 610 g/mol. The highest BCUT2D eigenvalue weighted by molar-refractivity contribution is 5.88. The summed E-state index contributed by atoms with van der Waals surface area (Å²) >= 11 is 0. The van der Waals surface area contributed by atoms with Crippen LogP contribution >= 0.6 is 0 Å². The lowest BCUT2D eigenvalue weighted by Gasteiger charge is -2.42. The standard InChI is InChI=1S/C27H30O16/c28-7-14-17(32)20(35)22(37)26(41-14)39-8-15-18(33)21(36)23(38)27(42-15)43-25-19(34)16-12(31)5-11(30)6-13(16)40-24(25)9-1-3-10(29)4-2-9/h1-6,14-15,17-18,20-23,26-33,35-38H,7-8H2/t14-,15-,17-,18-,20+,21+,22-,23-,26-,27+/m0/s1. The molecule has 3 heterocycles. The van der Waals surface area contributed by atoms with E-state index >= 15 is 0 Å². The Morgan fingerprint density at radius 2 is 1.33 bits per heavy atom. The molecule has 0 radical (unpaired) electrons. The molecule has 2 saturated heterocycles. The van der Waals surface area contributed by atoms with Crippen LogP contribution in [0.3, 0.4) is 0 Å². The summed E-state index contributed by atoms with van der Waals surface area (Å²) in [5.74, 6) is -2.07. The number of aliphatic hydroxyl groups excluding tert-OH is 7. The van der Waals surface area contributed by atoms with Crippen LogP contribution in [-0.2, 0) is 14.2 Å². The molecule has 234 valence electrons. The number of ether oxygens (including phenoxy) is 4. The lowest BCUT2D eigenvalue weighted by molar-refractivity contribution is -0.323. The number of phenolic OH excluding ortho intramolecular Hbond substituents is 3. The fourth-order valence-electron chi connectivity index (χ4n) is 4.84. The van der Waals surface area contributed by atoms with Gasteiger partial charge in [0.15, 0.2) is 12.1 Å². The van der Waals surface area contributed by atoms with Gasteiger partial charge in [0.1, 0.15) is 77.0 Å². The summed E-state index contributed by atoms with van der Waals surface area (Å²) in [6, 6.07) is 7.25. The molecule has 2 aliphatic rings. The van der Waals surface area contributed by atoms with Crippen molar-refractivity contribution < 1.29 is 74.4 Å². The Balaban J connectivity index is 1.45. The van der Waals surface area contributed by atoms with Gasteiger partial charge in [-0.05, 0) is 24.3 Å². The molecule has 3 aromatic rings. The van der Waals surface area contributed by atoms with Crippen molar-refractivity contribution in [3.05, 3.63) is 46.6 Å². The van der Waals surface area contributed by atoms with Gasteiger partial charge in [-0.2, -0.15) is 0 Å². The van der Waals surface area contributed by atoms with E-state index in [2.05, 4.69) is 0 Å². The summed E-state index contributed by atoms with van der Waals surface area (Å²) in [6.07, 6.45) is -17.1. The van der Waals surface area contributed by atoms with Crippen molar-refractivity contribution in [1.29, 1.82) is 0 Å². The van der Waals surface area contributed by atoms with Crippen molar-refractivity contribution in [1.82, 2.24) is 0 Å². The molecule has 2 aromatic carbocycles. The average molecular weight is 611 g/mol. The molecule has 0 amide bonds. The van der Waals surface area contributed by atoms with Gasteiger partial charge in [-0.3, -0.25) is 4.79 Å². The van der Waals surface area contributed by atoms with Crippen molar-refractivity contribution in [3.8, 4) is 34.3 Å². The summed E-state index contributed by atoms with van der Waals surface area (Å²) in [5, 5.41) is 101. The molecule has 2 aliphatic heterocycles. The van der Waals surface area contributed by atoms with E-state index in [0.717, 1.165) is 12.1 Å². The Hall–Kier alpha value is -3.55. The molecule has 5 rings (SSSR count). The first-order valence-corrected chi connectivity index (χ1v) is 13.0. The van der Waals surface area contributed by atoms with Gasteiger partial charge in [-0.1, -0.05) is 0 Å². The van der Waals surface area contributed by atoms with Crippen LogP contribution in [0.15, 0.2) is 45.6 Å². The number of phenols is 3. The molecule has 10 N–H and O–H groups in total. The van der Waals surface area contributed by atoms with Crippen molar-refractivity contribution in [2.24, 2.45) is 0 Å². The van der Waals surface area contributed by atoms with Gasteiger partial charge in [0.05, 0.1) is 13.2 Å². The van der Waals surface area contributed by atoms with Gasteiger partial charge in [0, 0.05) is 17.7 Å². The van der Waals surface area contributed by atoms with E-state index in [4.69, 9.17) is 23.4 Å². The molecule has 10 atom stereocenters. The molecular weight excluding hydrogens is 580 g/mol. The molecule has 16 heteroatoms. The van der Waals surface area contributed by atoms with E-state index in [0.29, 0.717) is 0 Å². The minimum Gasteiger partial charge on any atom is -0.508 e. The van der Waals surface area contributed by atoms with E-state index in [9.17, 15) is 55.9 Å². The lowest BCUT2D eigenvalue weighted by atomic mass is 9.98. The highest BCUT2D eigenvalue weighted by Gasteiger charge is 2.48. The molecule has 0 unspecified atom stereocenters. The van der Waals surface area contributed by atoms with Crippen molar-refractivity contribution in [2.75, 3.05) is 13.2 Å². The second-order valence-corrected chi connectivity index (χ2v) is 10.1. The number of aromatic hydroxyl groups is 3. The number of fused-ring (bicyclic) bond motifs is 1. The highest BCUT2D eigenvalue weighted by atomic mass is 16.7. The zero-order chi connectivity index (χ0) is 31.2. The van der Waals surface area contributed by atoms with Crippen LogP contribution in [0.2, 0.25) is 0 Å². The third kappa shape index (κ3) is 5.85. The Bertz CT molecular complexity index is 1490. The van der Waals surface area contributed by atoms with Crippen LogP contribution in [-0.4, -0.2) is 126 Å². The number of rotatable bonds is 7. The molecule has 0 spiro atoms. The smallest absolute Gasteiger partial charge is 0.239 e. The van der Waals surface area contributed by atoms with E-state index < -0.39 is 103 Å². The summed E-state index contributed by atoms with van der Waals surface area (Å²) in [5.41, 5.74) is -1.01. The molecule has 0 bridgehead atoms. The first kappa shape index (κ1) is 30.9. The summed E-state index contributed by atoms with van der Waals surface area (Å²) in [7, 11) is 0. The van der Waals surface area contributed by atoms with E-state index in [-0.39, 0.29) is 22.7 Å². The van der Waals surface area contributed by atoms with Gasteiger partial charge in [-0.25, -0.2) is 0 Å². The van der Waals surface area contributed by atoms with E-state index in [1.807, 2.05) is 0 Å². The lowest BCUT2D eigenvalue weighted by Crippen LogP contribution is -2.62. The van der Waals surface area contributed by atoms with Crippen molar-refractivity contribution in [3.63, 3.8) is 0 Å². The van der Waals surface area contributed by atoms with Crippen LogP contribution in [0.1, 0.15) is 0 Å². The minimum atomic E-state index is -1.95. The molecule has 43 heavy (non-hydrogen) atoms. The zero-order valence-corrected chi connectivity index (χ0v) is 22.1. The predicted octanol–water partition coefficient (Wildman–Crippen LogP) is -2.42. The molecule has 2 fully saturated rings. The average Bonchev–Trinajstić information content (AvgIpc) is 2.97. The fraction of sp³-hybridized carbons (Fsp3) is 0.444. The van der Waals surface area contributed by atoms with Crippen LogP contribution < -0.4 is 10.2 Å². The Morgan fingerprint density at radius 3 is 1.98 bits per heavy atom. The summed E-state index contributed by atoms with van der Waals surface area (Å²) < 4.78 is 27.8. The fourth-order valence-corrected chi connectivity index (χ4v) is 4.84. The number of aliphatic hydroxyl groups is 7. The zero-order valence-electron chi connectivity index (χ0n) is 22.1. The maximum atomic E-state index is 13.6. The molecule has 1 aromatic heterocycles. The predicted molar refractivity (Wildman–Crippen MR) is 140 cm³/mol. The van der Waals surface area contributed by atoms with Crippen LogP contribution in [0, 0.1) is 0 Å². The third-order valence-corrected chi connectivity index (χ3v) is 7.22.